The number of ether oxygens (including phenoxy) is 1. The number of carbonyl (C=O) groups is 1. The lowest BCUT2D eigenvalue weighted by Gasteiger charge is -2.25. The number of sulfonamides is 1. The molecule has 1 heterocycles. The minimum Gasteiger partial charge on any atom is -0.494 e. The summed E-state index contributed by atoms with van der Waals surface area (Å²) in [6.45, 7) is 5.70. The summed E-state index contributed by atoms with van der Waals surface area (Å²) in [7, 11) is -3.62. The first-order chi connectivity index (χ1) is 19.7. The highest BCUT2D eigenvalue weighted by molar-refractivity contribution is 7.91. The zero-order chi connectivity index (χ0) is 29.7. The second-order valence-electron chi connectivity index (χ2n) is 10.1. The molecule has 2 atom stereocenters. The van der Waals surface area contributed by atoms with Crippen LogP contribution in [0.15, 0.2) is 59.2 Å². The molecule has 0 aliphatic rings. The van der Waals surface area contributed by atoms with Crippen molar-refractivity contribution < 1.29 is 27.5 Å². The Bertz CT molecular complexity index is 1340. The Morgan fingerprint density at radius 3 is 2.56 bits per heavy atom. The van der Waals surface area contributed by atoms with Crippen LogP contribution in [0.1, 0.15) is 66.7 Å². The molecule has 0 unspecified atom stereocenters. The molecule has 2 aromatic carbocycles. The van der Waals surface area contributed by atoms with Crippen molar-refractivity contribution in [2.75, 3.05) is 24.1 Å². The fourth-order valence-corrected chi connectivity index (χ4v) is 4.72. The van der Waals surface area contributed by atoms with Gasteiger partial charge in [-0.15, -0.1) is 0 Å². The van der Waals surface area contributed by atoms with Gasteiger partial charge >= 0.3 is 6.01 Å². The topological polar surface area (TPSA) is 143 Å². The Morgan fingerprint density at radius 1 is 1.05 bits per heavy atom. The van der Waals surface area contributed by atoms with Crippen LogP contribution in [0.3, 0.4) is 0 Å². The first-order valence-corrected chi connectivity index (χ1v) is 16.0. The first-order valence-electron chi connectivity index (χ1n) is 14.1. The minimum absolute atomic E-state index is 0.109. The van der Waals surface area contributed by atoms with Crippen LogP contribution in [0.25, 0.3) is 0 Å². The lowest BCUT2D eigenvalue weighted by Crippen LogP contribution is -2.48. The number of oxazole rings is 1. The second kappa shape index (κ2) is 16.1. The zero-order valence-corrected chi connectivity index (χ0v) is 24.9. The molecule has 0 fully saturated rings. The molecule has 4 N–H and O–H groups in total. The number of unbranched alkanes of at least 4 members (excludes halogenated alkanes) is 3. The first kappa shape index (κ1) is 32.1. The van der Waals surface area contributed by atoms with Gasteiger partial charge in [-0.05, 0) is 48.1 Å². The molecule has 3 aromatic rings. The summed E-state index contributed by atoms with van der Waals surface area (Å²) >= 11 is 0. The number of aliphatic hydroxyl groups excluding tert-OH is 1. The standard InChI is InChI=1S/C30H42N4O6S/c1-4-6-7-8-15-39-25-14-10-12-23(17-25)18-26(28(35)20-31-19-24-13-9-11-22(5-2)16-24)32-29(36)27-21-40-30(33-27)34-41(3,37)38/h9-14,16-17,21,26,28,31,35H,4-8,15,18-20H2,1-3H3,(H,32,36)(H,33,34)/t26-,28-/m0/s1. The third kappa shape index (κ3) is 11.5. The summed E-state index contributed by atoms with van der Waals surface area (Å²) < 4.78 is 36.0. The molecular weight excluding hydrogens is 544 g/mol. The average Bonchev–Trinajstić information content (AvgIpc) is 3.40. The zero-order valence-electron chi connectivity index (χ0n) is 24.1. The molecule has 0 saturated heterocycles. The number of carbonyl (C=O) groups excluding carboxylic acids is 1. The fourth-order valence-electron chi connectivity index (χ4n) is 4.31. The number of aromatic nitrogens is 1. The van der Waals surface area contributed by atoms with E-state index in [0.717, 1.165) is 55.1 Å². The molecular formula is C30H42N4O6S. The van der Waals surface area contributed by atoms with E-state index in [0.29, 0.717) is 19.6 Å². The molecule has 11 heteroatoms. The van der Waals surface area contributed by atoms with E-state index in [1.165, 1.54) is 12.0 Å². The summed E-state index contributed by atoms with van der Waals surface area (Å²) in [4.78, 5) is 16.9. The van der Waals surface area contributed by atoms with Crippen LogP contribution < -0.4 is 20.1 Å². The van der Waals surface area contributed by atoms with E-state index in [1.807, 2.05) is 36.4 Å². The van der Waals surface area contributed by atoms with Crippen LogP contribution in [0.2, 0.25) is 0 Å². The number of anilines is 1. The van der Waals surface area contributed by atoms with Crippen LogP contribution in [-0.4, -0.2) is 56.0 Å². The predicted octanol–water partition coefficient (Wildman–Crippen LogP) is 4.06. The molecule has 0 spiro atoms. The third-order valence-corrected chi connectivity index (χ3v) is 7.04. The van der Waals surface area contributed by atoms with Crippen molar-refractivity contribution in [3.8, 4) is 5.75 Å². The summed E-state index contributed by atoms with van der Waals surface area (Å²) in [6, 6.07) is 14.9. The fraction of sp³-hybridized carbons (Fsp3) is 0.467. The number of nitrogens with zero attached hydrogens (tertiary/aromatic N) is 1. The van der Waals surface area contributed by atoms with Gasteiger partial charge in [-0.3, -0.25) is 4.79 Å². The van der Waals surface area contributed by atoms with Gasteiger partial charge in [0.2, 0.25) is 10.0 Å². The molecule has 0 saturated carbocycles. The lowest BCUT2D eigenvalue weighted by molar-refractivity contribution is 0.0825. The summed E-state index contributed by atoms with van der Waals surface area (Å²) in [5, 5.41) is 17.3. The van der Waals surface area contributed by atoms with Gasteiger partial charge in [-0.25, -0.2) is 13.1 Å². The third-order valence-electron chi connectivity index (χ3n) is 6.49. The van der Waals surface area contributed by atoms with Crippen LogP contribution in [0.4, 0.5) is 6.01 Å². The van der Waals surface area contributed by atoms with E-state index in [4.69, 9.17) is 9.15 Å². The summed E-state index contributed by atoms with van der Waals surface area (Å²) in [5.41, 5.74) is 3.12. The van der Waals surface area contributed by atoms with Gasteiger partial charge in [0.1, 0.15) is 12.0 Å². The molecule has 41 heavy (non-hydrogen) atoms. The maximum atomic E-state index is 13.0. The molecule has 0 aliphatic carbocycles. The van der Waals surface area contributed by atoms with Gasteiger partial charge in [-0.2, -0.15) is 4.98 Å². The van der Waals surface area contributed by atoms with E-state index >= 15 is 0 Å². The van der Waals surface area contributed by atoms with Crippen molar-refractivity contribution >= 4 is 21.9 Å². The van der Waals surface area contributed by atoms with E-state index in [-0.39, 0.29) is 18.3 Å². The molecule has 224 valence electrons. The maximum Gasteiger partial charge on any atom is 0.309 e. The minimum atomic E-state index is -3.62. The molecule has 0 radical (unpaired) electrons. The highest BCUT2D eigenvalue weighted by atomic mass is 32.2. The number of hydrogen-bond donors (Lipinski definition) is 4. The quantitative estimate of drug-likeness (QED) is 0.164. The van der Waals surface area contributed by atoms with Gasteiger partial charge in [0.25, 0.3) is 5.91 Å². The highest BCUT2D eigenvalue weighted by Crippen LogP contribution is 2.17. The van der Waals surface area contributed by atoms with Crippen LogP contribution >= 0.6 is 0 Å². The Balaban J connectivity index is 1.68. The number of aryl methyl sites for hydroxylation is 1. The van der Waals surface area contributed by atoms with Gasteiger partial charge in [0.15, 0.2) is 5.69 Å². The van der Waals surface area contributed by atoms with Crippen LogP contribution in [-0.2, 0) is 29.4 Å². The Kier molecular flexibility index (Phi) is 12.6. The van der Waals surface area contributed by atoms with Crippen molar-refractivity contribution in [2.45, 2.75) is 71.1 Å². The molecule has 0 bridgehead atoms. The SMILES string of the molecule is CCCCCCOc1cccc(C[C@H](NC(=O)c2coc(NS(C)(=O)=O)n2)[C@@H](O)CNCc2cccc(CC)c2)c1. The molecule has 1 aromatic heterocycles. The number of hydrogen-bond acceptors (Lipinski definition) is 8. The molecule has 10 nitrogen and oxygen atoms in total. The van der Waals surface area contributed by atoms with Crippen molar-refractivity contribution in [1.82, 2.24) is 15.6 Å². The van der Waals surface area contributed by atoms with Crippen molar-refractivity contribution in [3.63, 3.8) is 0 Å². The Morgan fingerprint density at radius 2 is 1.80 bits per heavy atom. The van der Waals surface area contributed by atoms with Gasteiger partial charge in [-0.1, -0.05) is 69.5 Å². The average molecular weight is 587 g/mol. The lowest BCUT2D eigenvalue weighted by atomic mass is 10.0. The Hall–Kier alpha value is -3.41. The van der Waals surface area contributed by atoms with Gasteiger partial charge in [0.05, 0.1) is 25.0 Å². The smallest absolute Gasteiger partial charge is 0.309 e. The van der Waals surface area contributed by atoms with E-state index in [2.05, 4.69) is 46.3 Å². The number of aliphatic hydroxyl groups is 1. The van der Waals surface area contributed by atoms with Crippen molar-refractivity contribution in [1.29, 1.82) is 0 Å². The summed E-state index contributed by atoms with van der Waals surface area (Å²) in [6.07, 6.45) is 6.80. The summed E-state index contributed by atoms with van der Waals surface area (Å²) in [5.74, 6) is 0.138. The normalized spacial score (nSPS) is 13.0. The molecule has 3 rings (SSSR count). The van der Waals surface area contributed by atoms with Crippen molar-refractivity contribution in [2.24, 2.45) is 0 Å². The number of amides is 1. The monoisotopic (exact) mass is 586 g/mol. The van der Waals surface area contributed by atoms with E-state index < -0.39 is 28.1 Å². The predicted molar refractivity (Wildman–Crippen MR) is 160 cm³/mol. The molecule has 1 amide bonds. The number of benzene rings is 2. The number of nitrogens with one attached hydrogen (secondary N) is 3. The van der Waals surface area contributed by atoms with E-state index in [9.17, 15) is 18.3 Å². The van der Waals surface area contributed by atoms with Gasteiger partial charge in [0, 0.05) is 13.1 Å². The highest BCUT2D eigenvalue weighted by Gasteiger charge is 2.24. The molecule has 0 aliphatic heterocycles. The number of rotatable bonds is 18. The second-order valence-corrected chi connectivity index (χ2v) is 11.9. The Labute approximate surface area is 243 Å². The van der Waals surface area contributed by atoms with Crippen LogP contribution in [0, 0.1) is 0 Å². The maximum absolute atomic E-state index is 13.0. The van der Waals surface area contributed by atoms with Crippen LogP contribution in [0.5, 0.6) is 5.75 Å². The van der Waals surface area contributed by atoms with Crippen molar-refractivity contribution in [3.05, 3.63) is 77.2 Å². The van der Waals surface area contributed by atoms with E-state index in [1.54, 1.807) is 0 Å². The van der Waals surface area contributed by atoms with Gasteiger partial charge < -0.3 is 24.9 Å². The largest absolute Gasteiger partial charge is 0.494 e.